The van der Waals surface area contributed by atoms with Gasteiger partial charge in [0, 0.05) is 0 Å². The van der Waals surface area contributed by atoms with E-state index in [0.29, 0.717) is 16.4 Å². The highest BCUT2D eigenvalue weighted by Gasteiger charge is 2.47. The molecule has 1 amide bonds. The minimum Gasteiger partial charge on any atom is -0.458 e. The number of ether oxygens (including phenoxy) is 1. The minimum absolute atomic E-state index is 0.00709. The van der Waals surface area contributed by atoms with Crippen LogP contribution in [0.3, 0.4) is 0 Å². The van der Waals surface area contributed by atoms with Gasteiger partial charge < -0.3 is 4.74 Å². The molecule has 5 nitrogen and oxygen atoms in total. The maximum absolute atomic E-state index is 13.0. The lowest BCUT2D eigenvalue weighted by Gasteiger charge is -2.33. The van der Waals surface area contributed by atoms with Gasteiger partial charge in [-0.25, -0.2) is 9.79 Å². The van der Waals surface area contributed by atoms with Crippen LogP contribution in [-0.2, 0) is 20.7 Å². The normalized spacial score (nSPS) is 21.8. The number of hydrogen-bond acceptors (Lipinski definition) is 5. The first kappa shape index (κ1) is 19.4. The molecule has 2 aliphatic rings. The molecule has 1 saturated heterocycles. The van der Waals surface area contributed by atoms with Crippen LogP contribution in [0, 0.1) is 0 Å². The molecule has 0 aliphatic carbocycles. The first-order valence-electron chi connectivity index (χ1n) is 9.17. The van der Waals surface area contributed by atoms with E-state index in [-0.39, 0.29) is 17.8 Å². The van der Waals surface area contributed by atoms with Gasteiger partial charge in [0.05, 0.1) is 22.6 Å². The number of allylic oxidation sites excluding steroid dienone is 1. The topological polar surface area (TPSA) is 59.0 Å². The van der Waals surface area contributed by atoms with Crippen LogP contribution < -0.4 is 0 Å². The van der Waals surface area contributed by atoms with Crippen LogP contribution in [0.4, 0.5) is 0 Å². The molecule has 2 heterocycles. The molecule has 0 saturated carbocycles. The first-order valence-corrected chi connectivity index (χ1v) is 10.1. The van der Waals surface area contributed by atoms with Crippen molar-refractivity contribution in [3.63, 3.8) is 0 Å². The maximum atomic E-state index is 13.0. The highest BCUT2D eigenvalue weighted by Crippen LogP contribution is 2.44. The molecule has 3 rings (SSSR count). The molecule has 1 aromatic carbocycles. The Hall–Kier alpha value is -2.34. The van der Waals surface area contributed by atoms with Gasteiger partial charge in [0.25, 0.3) is 0 Å². The summed E-state index contributed by atoms with van der Waals surface area (Å²) >= 11 is 1.47. The summed E-state index contributed by atoms with van der Waals surface area (Å²) in [5.74, 6) is -0.468. The third kappa shape index (κ3) is 3.58. The molecule has 0 bridgehead atoms. The van der Waals surface area contributed by atoms with Crippen LogP contribution in [0.25, 0.3) is 0 Å². The molecule has 1 fully saturated rings. The fourth-order valence-electron chi connectivity index (χ4n) is 3.31. The largest absolute Gasteiger partial charge is 0.458 e. The standard InChI is InChI=1S/C21H24N2O3S/c1-5-12-26-20(25)17-13(4)22-21-23(19(24)16(7-3)27-21)18(17)15-10-8-14(6-2)9-11-15/h5,8-11,16,18H,1,6-7,12H2,2-4H3. The van der Waals surface area contributed by atoms with Crippen molar-refractivity contribution in [2.45, 2.75) is 44.9 Å². The van der Waals surface area contributed by atoms with Crippen LogP contribution in [0.2, 0.25) is 0 Å². The number of carbonyl (C=O) groups excluding carboxylic acids is 2. The van der Waals surface area contributed by atoms with E-state index in [2.05, 4.69) is 18.5 Å². The van der Waals surface area contributed by atoms with Gasteiger partial charge >= 0.3 is 5.97 Å². The Morgan fingerprint density at radius 1 is 1.33 bits per heavy atom. The van der Waals surface area contributed by atoms with Crippen LogP contribution >= 0.6 is 11.8 Å². The smallest absolute Gasteiger partial charge is 0.338 e. The van der Waals surface area contributed by atoms with Gasteiger partial charge in [-0.05, 0) is 30.9 Å². The summed E-state index contributed by atoms with van der Waals surface area (Å²) in [5.41, 5.74) is 3.09. The first-order chi connectivity index (χ1) is 13.0. The summed E-state index contributed by atoms with van der Waals surface area (Å²) in [6, 6.07) is 7.52. The van der Waals surface area contributed by atoms with Gasteiger partial charge in [-0.3, -0.25) is 9.69 Å². The molecule has 1 aromatic rings. The lowest BCUT2D eigenvalue weighted by Crippen LogP contribution is -2.40. The van der Waals surface area contributed by atoms with Crippen molar-refractivity contribution in [1.29, 1.82) is 0 Å². The number of aryl methyl sites for hydroxylation is 1. The Balaban J connectivity index is 2.09. The van der Waals surface area contributed by atoms with Crippen LogP contribution in [0.15, 0.2) is 53.2 Å². The highest BCUT2D eigenvalue weighted by atomic mass is 32.2. The van der Waals surface area contributed by atoms with E-state index in [1.807, 2.05) is 31.2 Å². The van der Waals surface area contributed by atoms with Crippen molar-refractivity contribution in [1.82, 2.24) is 4.90 Å². The Labute approximate surface area is 164 Å². The number of esters is 1. The van der Waals surface area contributed by atoms with E-state index in [9.17, 15) is 9.59 Å². The predicted molar refractivity (Wildman–Crippen MR) is 108 cm³/mol. The molecule has 0 N–H and O–H groups in total. The SMILES string of the molecule is C=CCOC(=O)C1=C(C)N=C2SC(CC)C(=O)N2C1c1ccc(CC)cc1. The van der Waals surface area contributed by atoms with Crippen LogP contribution in [0.5, 0.6) is 0 Å². The zero-order chi connectivity index (χ0) is 19.6. The highest BCUT2D eigenvalue weighted by molar-refractivity contribution is 8.15. The van der Waals surface area contributed by atoms with Gasteiger partial charge in [0.2, 0.25) is 5.91 Å². The lowest BCUT2D eigenvalue weighted by atomic mass is 9.93. The number of fused-ring (bicyclic) bond motifs is 1. The number of rotatable bonds is 6. The zero-order valence-corrected chi connectivity index (χ0v) is 16.7. The number of nitrogens with zero attached hydrogens (tertiary/aromatic N) is 2. The summed E-state index contributed by atoms with van der Waals surface area (Å²) in [7, 11) is 0. The summed E-state index contributed by atoms with van der Waals surface area (Å²) in [4.78, 5) is 32.0. The summed E-state index contributed by atoms with van der Waals surface area (Å²) in [6.45, 7) is 9.59. The van der Waals surface area contributed by atoms with E-state index in [1.54, 1.807) is 11.8 Å². The summed E-state index contributed by atoms with van der Waals surface area (Å²) in [6.07, 6.45) is 3.17. The van der Waals surface area contributed by atoms with Gasteiger partial charge in [-0.2, -0.15) is 0 Å². The molecule has 142 valence electrons. The van der Waals surface area contributed by atoms with E-state index in [1.165, 1.54) is 23.4 Å². The molecular weight excluding hydrogens is 360 g/mol. The third-order valence-electron chi connectivity index (χ3n) is 4.78. The van der Waals surface area contributed by atoms with Crippen molar-refractivity contribution in [3.05, 3.63) is 59.3 Å². The van der Waals surface area contributed by atoms with Crippen molar-refractivity contribution < 1.29 is 14.3 Å². The fraction of sp³-hybridized carbons (Fsp3) is 0.381. The van der Waals surface area contributed by atoms with Crippen molar-refractivity contribution in [2.24, 2.45) is 4.99 Å². The number of carbonyl (C=O) groups is 2. The van der Waals surface area contributed by atoms with E-state index < -0.39 is 12.0 Å². The number of amides is 1. The average Bonchev–Trinajstić information content (AvgIpc) is 3.00. The third-order valence-corrected chi connectivity index (χ3v) is 6.10. The van der Waals surface area contributed by atoms with Crippen molar-refractivity contribution in [3.8, 4) is 0 Å². The Morgan fingerprint density at radius 2 is 2.04 bits per heavy atom. The second-order valence-corrected chi connectivity index (χ2v) is 7.67. The maximum Gasteiger partial charge on any atom is 0.338 e. The number of hydrogen-bond donors (Lipinski definition) is 0. The zero-order valence-electron chi connectivity index (χ0n) is 15.9. The molecule has 0 aromatic heterocycles. The minimum atomic E-state index is -0.516. The van der Waals surface area contributed by atoms with E-state index in [0.717, 1.165) is 18.4 Å². The number of thioether (sulfide) groups is 1. The van der Waals surface area contributed by atoms with Gasteiger partial charge in [0.15, 0.2) is 5.17 Å². The Bertz CT molecular complexity index is 826. The quantitative estimate of drug-likeness (QED) is 0.549. The average molecular weight is 385 g/mol. The van der Waals surface area contributed by atoms with Gasteiger partial charge in [0.1, 0.15) is 6.61 Å². The Kier molecular flexibility index (Phi) is 5.85. The van der Waals surface area contributed by atoms with E-state index in [4.69, 9.17) is 4.74 Å². The number of aliphatic imine (C=N–C) groups is 1. The number of benzene rings is 1. The van der Waals surface area contributed by atoms with Crippen LogP contribution in [-0.4, -0.2) is 33.8 Å². The molecule has 0 spiro atoms. The number of amidine groups is 1. The second kappa shape index (κ2) is 8.13. The molecule has 2 atom stereocenters. The molecule has 0 radical (unpaired) electrons. The van der Waals surface area contributed by atoms with Gasteiger partial charge in [-0.1, -0.05) is 62.5 Å². The molecule has 2 aliphatic heterocycles. The fourth-order valence-corrected chi connectivity index (χ4v) is 4.45. The van der Waals surface area contributed by atoms with Crippen LogP contribution in [0.1, 0.15) is 44.4 Å². The Morgan fingerprint density at radius 3 is 2.63 bits per heavy atom. The predicted octanol–water partition coefficient (Wildman–Crippen LogP) is 4.02. The second-order valence-electron chi connectivity index (χ2n) is 6.50. The van der Waals surface area contributed by atoms with E-state index >= 15 is 0 Å². The molecular formula is C21H24N2O3S. The van der Waals surface area contributed by atoms with Gasteiger partial charge in [-0.15, -0.1) is 0 Å². The van der Waals surface area contributed by atoms with Crippen molar-refractivity contribution in [2.75, 3.05) is 6.61 Å². The molecule has 2 unspecified atom stereocenters. The van der Waals surface area contributed by atoms with Crippen molar-refractivity contribution >= 4 is 28.8 Å². The monoisotopic (exact) mass is 384 g/mol. The summed E-state index contributed by atoms with van der Waals surface area (Å²) in [5, 5.41) is 0.492. The molecule has 6 heteroatoms. The summed E-state index contributed by atoms with van der Waals surface area (Å²) < 4.78 is 5.31. The molecule has 27 heavy (non-hydrogen) atoms. The lowest BCUT2D eigenvalue weighted by molar-refractivity contribution is -0.139.